The van der Waals surface area contributed by atoms with Crippen LogP contribution in [0.25, 0.3) is 0 Å². The minimum absolute atomic E-state index is 0.857. The zero-order chi connectivity index (χ0) is 13.7. The third-order valence-electron chi connectivity index (χ3n) is 4.24. The lowest BCUT2D eigenvalue weighted by Crippen LogP contribution is -2.29. The minimum Gasteiger partial charge on any atom is -0.496 e. The molecule has 1 aromatic carbocycles. The van der Waals surface area contributed by atoms with E-state index in [2.05, 4.69) is 40.3 Å². The summed E-state index contributed by atoms with van der Waals surface area (Å²) in [7, 11) is 1.70. The molecule has 0 bridgehead atoms. The van der Waals surface area contributed by atoms with Crippen LogP contribution in [0.2, 0.25) is 0 Å². The first-order chi connectivity index (χ1) is 9.20. The Hall–Kier alpha value is -0.540. The molecule has 2 nitrogen and oxygen atoms in total. The van der Waals surface area contributed by atoms with Crippen LogP contribution in [-0.2, 0) is 6.54 Å². The maximum atomic E-state index is 5.25. The molecular formula is C16H24BrNO. The largest absolute Gasteiger partial charge is 0.496 e. The van der Waals surface area contributed by atoms with Crippen molar-refractivity contribution < 1.29 is 4.74 Å². The number of halogens is 1. The standard InChI is InChI=1S/C16H24BrNO/c1-12-5-3-4-6-14(12)11-18-10-13-7-8-16(19-2)15(17)9-13/h7-9,12,14,18H,3-6,10-11H2,1-2H3. The molecule has 106 valence electrons. The van der Waals surface area contributed by atoms with Gasteiger partial charge in [-0.3, -0.25) is 0 Å². The van der Waals surface area contributed by atoms with Crippen molar-refractivity contribution in [3.63, 3.8) is 0 Å². The molecule has 2 atom stereocenters. The van der Waals surface area contributed by atoms with Crippen molar-refractivity contribution in [3.8, 4) is 5.75 Å². The fourth-order valence-corrected chi connectivity index (χ4v) is 3.51. The predicted octanol–water partition coefficient (Wildman–Crippen LogP) is 4.37. The predicted molar refractivity (Wildman–Crippen MR) is 83.5 cm³/mol. The maximum absolute atomic E-state index is 5.25. The van der Waals surface area contributed by atoms with Gasteiger partial charge in [-0.2, -0.15) is 0 Å². The second kappa shape index (κ2) is 7.30. The van der Waals surface area contributed by atoms with E-state index in [-0.39, 0.29) is 0 Å². The Bertz CT molecular complexity index is 408. The van der Waals surface area contributed by atoms with Gasteiger partial charge in [-0.15, -0.1) is 0 Å². The van der Waals surface area contributed by atoms with Crippen LogP contribution in [0.1, 0.15) is 38.2 Å². The third-order valence-corrected chi connectivity index (χ3v) is 4.86. The van der Waals surface area contributed by atoms with E-state index in [1.165, 1.54) is 31.2 Å². The zero-order valence-corrected chi connectivity index (χ0v) is 13.5. The molecule has 0 saturated heterocycles. The third kappa shape index (κ3) is 4.22. The average Bonchev–Trinajstić information content (AvgIpc) is 2.41. The number of nitrogens with one attached hydrogen (secondary N) is 1. The highest BCUT2D eigenvalue weighted by molar-refractivity contribution is 9.10. The summed E-state index contributed by atoms with van der Waals surface area (Å²) in [6.07, 6.45) is 5.62. The first-order valence-corrected chi connectivity index (χ1v) is 8.03. The van der Waals surface area contributed by atoms with E-state index >= 15 is 0 Å². The highest BCUT2D eigenvalue weighted by Crippen LogP contribution is 2.29. The monoisotopic (exact) mass is 325 g/mol. The quantitative estimate of drug-likeness (QED) is 0.867. The second-order valence-corrected chi connectivity index (χ2v) is 6.48. The summed E-state index contributed by atoms with van der Waals surface area (Å²) in [5, 5.41) is 3.60. The second-order valence-electron chi connectivity index (χ2n) is 5.62. The zero-order valence-electron chi connectivity index (χ0n) is 11.9. The summed E-state index contributed by atoms with van der Waals surface area (Å²) < 4.78 is 6.27. The summed E-state index contributed by atoms with van der Waals surface area (Å²) in [6, 6.07) is 6.28. The lowest BCUT2D eigenvalue weighted by atomic mass is 9.80. The van der Waals surface area contributed by atoms with Gasteiger partial charge in [-0.05, 0) is 58.4 Å². The van der Waals surface area contributed by atoms with Gasteiger partial charge in [0.15, 0.2) is 0 Å². The van der Waals surface area contributed by atoms with Crippen LogP contribution in [-0.4, -0.2) is 13.7 Å². The Morgan fingerprint density at radius 1 is 1.32 bits per heavy atom. The van der Waals surface area contributed by atoms with Gasteiger partial charge in [0.1, 0.15) is 5.75 Å². The topological polar surface area (TPSA) is 21.3 Å². The van der Waals surface area contributed by atoms with Crippen LogP contribution >= 0.6 is 15.9 Å². The van der Waals surface area contributed by atoms with Gasteiger partial charge >= 0.3 is 0 Å². The molecule has 2 rings (SSSR count). The van der Waals surface area contributed by atoms with Crippen LogP contribution in [0.3, 0.4) is 0 Å². The van der Waals surface area contributed by atoms with Gasteiger partial charge in [-0.1, -0.05) is 32.3 Å². The summed E-state index contributed by atoms with van der Waals surface area (Å²) in [6.45, 7) is 4.48. The van der Waals surface area contributed by atoms with Crippen LogP contribution in [0, 0.1) is 11.8 Å². The Balaban J connectivity index is 1.80. The molecule has 19 heavy (non-hydrogen) atoms. The molecule has 1 fully saturated rings. The van der Waals surface area contributed by atoms with Crippen molar-refractivity contribution in [2.45, 2.75) is 39.2 Å². The van der Waals surface area contributed by atoms with Gasteiger partial charge in [0, 0.05) is 6.54 Å². The maximum Gasteiger partial charge on any atom is 0.133 e. The van der Waals surface area contributed by atoms with E-state index in [0.29, 0.717) is 0 Å². The molecule has 1 aliphatic carbocycles. The first-order valence-electron chi connectivity index (χ1n) is 7.24. The first kappa shape index (κ1) is 14.9. The van der Waals surface area contributed by atoms with Crippen molar-refractivity contribution in [2.24, 2.45) is 11.8 Å². The number of rotatable bonds is 5. The van der Waals surface area contributed by atoms with E-state index < -0.39 is 0 Å². The van der Waals surface area contributed by atoms with Gasteiger partial charge in [0.25, 0.3) is 0 Å². The Morgan fingerprint density at radius 3 is 2.79 bits per heavy atom. The number of hydrogen-bond donors (Lipinski definition) is 1. The molecule has 2 unspecified atom stereocenters. The van der Waals surface area contributed by atoms with Crippen molar-refractivity contribution in [3.05, 3.63) is 28.2 Å². The van der Waals surface area contributed by atoms with Gasteiger partial charge < -0.3 is 10.1 Å². The normalized spacial score (nSPS) is 23.3. The van der Waals surface area contributed by atoms with Crippen LogP contribution in [0.15, 0.2) is 22.7 Å². The smallest absolute Gasteiger partial charge is 0.133 e. The highest BCUT2D eigenvalue weighted by Gasteiger charge is 2.20. The fraction of sp³-hybridized carbons (Fsp3) is 0.625. The van der Waals surface area contributed by atoms with E-state index in [1.54, 1.807) is 7.11 Å². The molecule has 0 aliphatic heterocycles. The Labute approximate surface area is 125 Å². The number of benzene rings is 1. The minimum atomic E-state index is 0.857. The van der Waals surface area contributed by atoms with E-state index in [0.717, 1.165) is 35.1 Å². The molecular weight excluding hydrogens is 302 g/mol. The van der Waals surface area contributed by atoms with Crippen LogP contribution in [0.4, 0.5) is 0 Å². The van der Waals surface area contributed by atoms with E-state index in [9.17, 15) is 0 Å². The number of hydrogen-bond acceptors (Lipinski definition) is 2. The molecule has 0 amide bonds. The summed E-state index contributed by atoms with van der Waals surface area (Å²) in [5.74, 6) is 2.63. The van der Waals surface area contributed by atoms with Crippen molar-refractivity contribution in [2.75, 3.05) is 13.7 Å². The summed E-state index contributed by atoms with van der Waals surface area (Å²) in [5.41, 5.74) is 1.30. The SMILES string of the molecule is COc1ccc(CNCC2CCCCC2C)cc1Br. The Morgan fingerprint density at radius 2 is 2.11 bits per heavy atom. The Kier molecular flexibility index (Phi) is 5.71. The molecule has 1 N–H and O–H groups in total. The number of methoxy groups -OCH3 is 1. The molecule has 1 saturated carbocycles. The van der Waals surface area contributed by atoms with E-state index in [4.69, 9.17) is 4.74 Å². The average molecular weight is 326 g/mol. The molecule has 0 spiro atoms. The van der Waals surface area contributed by atoms with Crippen molar-refractivity contribution in [1.82, 2.24) is 5.32 Å². The van der Waals surface area contributed by atoms with Gasteiger partial charge in [-0.25, -0.2) is 0 Å². The summed E-state index contributed by atoms with van der Waals surface area (Å²) >= 11 is 3.53. The number of ether oxygens (including phenoxy) is 1. The molecule has 1 aromatic rings. The van der Waals surface area contributed by atoms with Crippen molar-refractivity contribution in [1.29, 1.82) is 0 Å². The lowest BCUT2D eigenvalue weighted by molar-refractivity contribution is 0.247. The van der Waals surface area contributed by atoms with Gasteiger partial charge in [0.05, 0.1) is 11.6 Å². The van der Waals surface area contributed by atoms with Crippen LogP contribution < -0.4 is 10.1 Å². The summed E-state index contributed by atoms with van der Waals surface area (Å²) in [4.78, 5) is 0. The molecule has 3 heteroatoms. The molecule has 0 radical (unpaired) electrons. The fourth-order valence-electron chi connectivity index (χ4n) is 2.92. The lowest BCUT2D eigenvalue weighted by Gasteiger charge is -2.28. The molecule has 0 aromatic heterocycles. The van der Waals surface area contributed by atoms with E-state index in [1.807, 2.05) is 6.07 Å². The van der Waals surface area contributed by atoms with Crippen LogP contribution in [0.5, 0.6) is 5.75 Å². The van der Waals surface area contributed by atoms with Gasteiger partial charge in [0.2, 0.25) is 0 Å². The van der Waals surface area contributed by atoms with Crippen molar-refractivity contribution >= 4 is 15.9 Å². The highest BCUT2D eigenvalue weighted by atomic mass is 79.9. The molecule has 1 aliphatic rings. The molecule has 0 heterocycles.